The number of benzene rings is 1. The van der Waals surface area contributed by atoms with E-state index in [0.29, 0.717) is 12.5 Å². The van der Waals surface area contributed by atoms with E-state index in [1.54, 1.807) is 6.20 Å². The highest BCUT2D eigenvalue weighted by molar-refractivity contribution is 5.81. The number of aromatic nitrogens is 3. The van der Waals surface area contributed by atoms with Gasteiger partial charge in [0.15, 0.2) is 0 Å². The summed E-state index contributed by atoms with van der Waals surface area (Å²) in [4.78, 5) is 4.85. The van der Waals surface area contributed by atoms with E-state index < -0.39 is 0 Å². The summed E-state index contributed by atoms with van der Waals surface area (Å²) in [5, 5.41) is 19.4. The van der Waals surface area contributed by atoms with Gasteiger partial charge in [0.1, 0.15) is 0 Å². The number of rotatable bonds is 6. The standard InChI is InChI=1S/C21H26N4O/c1-2-16-5-3-6-17-7-8-18(24-21(16)17)13-22-19-11-15(12-20(19)26)14-25-10-4-9-23-25/h3-10,15,19-20,22,26H,2,11-14H2,1H3/t15?,19-,20-/m1/s1. The molecule has 3 aromatic rings. The lowest BCUT2D eigenvalue weighted by molar-refractivity contribution is 0.145. The molecular weight excluding hydrogens is 324 g/mol. The molecule has 5 heteroatoms. The largest absolute Gasteiger partial charge is 0.391 e. The molecule has 1 aliphatic carbocycles. The molecule has 1 fully saturated rings. The van der Waals surface area contributed by atoms with Crippen LogP contribution in [-0.2, 0) is 19.5 Å². The third kappa shape index (κ3) is 3.64. The first-order chi connectivity index (χ1) is 12.7. The van der Waals surface area contributed by atoms with Crippen LogP contribution in [0.2, 0.25) is 0 Å². The van der Waals surface area contributed by atoms with Crippen molar-refractivity contribution in [2.45, 2.75) is 51.4 Å². The Hall–Kier alpha value is -2.24. The molecule has 2 aromatic heterocycles. The molecule has 2 heterocycles. The maximum Gasteiger partial charge on any atom is 0.0737 e. The number of hydrogen-bond donors (Lipinski definition) is 2. The minimum absolute atomic E-state index is 0.120. The lowest BCUT2D eigenvalue weighted by Crippen LogP contribution is -2.35. The average molecular weight is 350 g/mol. The molecule has 0 saturated heterocycles. The summed E-state index contributed by atoms with van der Waals surface area (Å²) in [6.45, 7) is 3.72. The Morgan fingerprint density at radius 1 is 1.19 bits per heavy atom. The van der Waals surface area contributed by atoms with Gasteiger partial charge in [-0.2, -0.15) is 5.10 Å². The molecular formula is C21H26N4O. The van der Waals surface area contributed by atoms with E-state index in [-0.39, 0.29) is 12.1 Å². The number of nitrogens with one attached hydrogen (secondary N) is 1. The van der Waals surface area contributed by atoms with E-state index in [9.17, 15) is 5.11 Å². The summed E-state index contributed by atoms with van der Waals surface area (Å²) >= 11 is 0. The maximum absolute atomic E-state index is 10.4. The molecule has 3 atom stereocenters. The molecule has 5 nitrogen and oxygen atoms in total. The van der Waals surface area contributed by atoms with Gasteiger partial charge in [-0.3, -0.25) is 9.67 Å². The van der Waals surface area contributed by atoms with Gasteiger partial charge in [0.25, 0.3) is 0 Å². The van der Waals surface area contributed by atoms with Gasteiger partial charge in [-0.15, -0.1) is 0 Å². The number of pyridine rings is 1. The molecule has 0 aliphatic heterocycles. The van der Waals surface area contributed by atoms with Crippen LogP contribution >= 0.6 is 0 Å². The molecule has 0 spiro atoms. The van der Waals surface area contributed by atoms with Crippen molar-refractivity contribution in [3.8, 4) is 0 Å². The van der Waals surface area contributed by atoms with Gasteiger partial charge < -0.3 is 10.4 Å². The van der Waals surface area contributed by atoms with Crippen molar-refractivity contribution in [2.24, 2.45) is 5.92 Å². The molecule has 1 aromatic carbocycles. The molecule has 0 bridgehead atoms. The second kappa shape index (κ2) is 7.56. The Morgan fingerprint density at radius 3 is 2.92 bits per heavy atom. The van der Waals surface area contributed by atoms with Crippen LogP contribution in [0.4, 0.5) is 0 Å². The van der Waals surface area contributed by atoms with Crippen LogP contribution in [0.1, 0.15) is 31.0 Å². The van der Waals surface area contributed by atoms with Crippen molar-refractivity contribution in [1.29, 1.82) is 0 Å². The molecule has 1 aliphatic rings. The van der Waals surface area contributed by atoms with Gasteiger partial charge >= 0.3 is 0 Å². The number of fused-ring (bicyclic) bond motifs is 1. The van der Waals surface area contributed by atoms with E-state index in [2.05, 4.69) is 47.7 Å². The minimum atomic E-state index is -0.303. The topological polar surface area (TPSA) is 63.0 Å². The summed E-state index contributed by atoms with van der Waals surface area (Å²) in [5.41, 5.74) is 3.41. The van der Waals surface area contributed by atoms with E-state index in [1.165, 1.54) is 10.9 Å². The molecule has 0 radical (unpaired) electrons. The van der Waals surface area contributed by atoms with E-state index in [0.717, 1.165) is 37.0 Å². The predicted octanol–water partition coefficient (Wildman–Crippen LogP) is 2.92. The molecule has 1 unspecified atom stereocenters. The first-order valence-corrected chi connectivity index (χ1v) is 9.49. The van der Waals surface area contributed by atoms with Gasteiger partial charge in [0, 0.05) is 36.9 Å². The van der Waals surface area contributed by atoms with Gasteiger partial charge in [-0.05, 0) is 42.9 Å². The van der Waals surface area contributed by atoms with Crippen LogP contribution in [0.3, 0.4) is 0 Å². The fourth-order valence-electron chi connectivity index (χ4n) is 4.03. The number of hydrogen-bond acceptors (Lipinski definition) is 4. The van der Waals surface area contributed by atoms with Crippen molar-refractivity contribution in [3.63, 3.8) is 0 Å². The monoisotopic (exact) mass is 350 g/mol. The quantitative estimate of drug-likeness (QED) is 0.717. The highest BCUT2D eigenvalue weighted by Crippen LogP contribution is 2.27. The zero-order chi connectivity index (χ0) is 17.9. The summed E-state index contributed by atoms with van der Waals surface area (Å²) < 4.78 is 1.96. The van der Waals surface area contributed by atoms with Gasteiger partial charge in [0.05, 0.1) is 17.3 Å². The zero-order valence-corrected chi connectivity index (χ0v) is 15.2. The first kappa shape index (κ1) is 17.2. The van der Waals surface area contributed by atoms with Crippen LogP contribution in [0.5, 0.6) is 0 Å². The van der Waals surface area contributed by atoms with Crippen molar-refractivity contribution >= 4 is 10.9 Å². The van der Waals surface area contributed by atoms with E-state index >= 15 is 0 Å². The van der Waals surface area contributed by atoms with Crippen molar-refractivity contribution < 1.29 is 5.11 Å². The smallest absolute Gasteiger partial charge is 0.0737 e. The lowest BCUT2D eigenvalue weighted by Gasteiger charge is -2.16. The molecule has 4 rings (SSSR count). The van der Waals surface area contributed by atoms with Crippen LogP contribution in [0, 0.1) is 5.92 Å². The molecule has 0 amide bonds. The molecule has 2 N–H and O–H groups in total. The number of para-hydroxylation sites is 1. The molecule has 26 heavy (non-hydrogen) atoms. The van der Waals surface area contributed by atoms with E-state index in [4.69, 9.17) is 4.98 Å². The average Bonchev–Trinajstić information content (AvgIpc) is 3.29. The second-order valence-corrected chi connectivity index (χ2v) is 7.27. The molecule has 1 saturated carbocycles. The fraction of sp³-hybridized carbons (Fsp3) is 0.429. The Morgan fingerprint density at radius 2 is 2.12 bits per heavy atom. The van der Waals surface area contributed by atoms with Gasteiger partial charge in [0.2, 0.25) is 0 Å². The van der Waals surface area contributed by atoms with Crippen LogP contribution < -0.4 is 5.32 Å². The normalized spacial score (nSPS) is 22.9. The minimum Gasteiger partial charge on any atom is -0.391 e. The predicted molar refractivity (Wildman–Crippen MR) is 103 cm³/mol. The highest BCUT2D eigenvalue weighted by Gasteiger charge is 2.32. The summed E-state index contributed by atoms with van der Waals surface area (Å²) in [7, 11) is 0. The Kier molecular flexibility index (Phi) is 5.00. The number of nitrogens with zero attached hydrogens (tertiary/aromatic N) is 3. The number of aliphatic hydroxyl groups is 1. The van der Waals surface area contributed by atoms with Crippen LogP contribution in [0.25, 0.3) is 10.9 Å². The van der Waals surface area contributed by atoms with Gasteiger partial charge in [-0.1, -0.05) is 31.2 Å². The number of aryl methyl sites for hydroxylation is 1. The van der Waals surface area contributed by atoms with Crippen molar-refractivity contribution in [3.05, 3.63) is 60.0 Å². The maximum atomic E-state index is 10.4. The third-order valence-electron chi connectivity index (χ3n) is 5.42. The van der Waals surface area contributed by atoms with Crippen LogP contribution in [0.15, 0.2) is 48.8 Å². The first-order valence-electron chi connectivity index (χ1n) is 9.49. The Labute approximate surface area is 154 Å². The van der Waals surface area contributed by atoms with E-state index in [1.807, 2.05) is 16.9 Å². The van der Waals surface area contributed by atoms with Gasteiger partial charge in [-0.25, -0.2) is 0 Å². The fourth-order valence-corrected chi connectivity index (χ4v) is 4.03. The lowest BCUT2D eigenvalue weighted by atomic mass is 10.1. The summed E-state index contributed by atoms with van der Waals surface area (Å²) in [5.74, 6) is 0.457. The SMILES string of the molecule is CCc1cccc2ccc(CN[C@@H]3CC(Cn4cccn4)C[C@H]3O)nc12. The summed E-state index contributed by atoms with van der Waals surface area (Å²) in [6, 6.07) is 12.6. The van der Waals surface area contributed by atoms with Crippen molar-refractivity contribution in [1.82, 2.24) is 20.1 Å². The Bertz CT molecular complexity index is 862. The summed E-state index contributed by atoms with van der Waals surface area (Å²) in [6.07, 6.45) is 6.26. The number of aliphatic hydroxyl groups excluding tert-OH is 1. The van der Waals surface area contributed by atoms with Crippen molar-refractivity contribution in [2.75, 3.05) is 0 Å². The highest BCUT2D eigenvalue weighted by atomic mass is 16.3. The third-order valence-corrected chi connectivity index (χ3v) is 5.42. The Balaban J connectivity index is 1.40. The van der Waals surface area contributed by atoms with Crippen LogP contribution in [-0.4, -0.2) is 32.0 Å². The second-order valence-electron chi connectivity index (χ2n) is 7.27. The molecule has 136 valence electrons. The zero-order valence-electron chi connectivity index (χ0n) is 15.2.